The zero-order valence-corrected chi connectivity index (χ0v) is 34.8. The van der Waals surface area contributed by atoms with Crippen molar-refractivity contribution in [2.24, 2.45) is 29.1 Å². The van der Waals surface area contributed by atoms with E-state index < -0.39 is 41.5 Å². The number of carbonyl (C=O) groups excluding carboxylic acids is 4. The van der Waals surface area contributed by atoms with Crippen molar-refractivity contribution in [1.29, 1.82) is 0 Å². The van der Waals surface area contributed by atoms with Crippen molar-refractivity contribution in [3.05, 3.63) is 41.6 Å². The van der Waals surface area contributed by atoms with Gasteiger partial charge in [0.15, 0.2) is 22.9 Å². The lowest BCUT2D eigenvalue weighted by atomic mass is 9.74. The van der Waals surface area contributed by atoms with Crippen LogP contribution in [0.15, 0.2) is 40.9 Å². The summed E-state index contributed by atoms with van der Waals surface area (Å²) >= 11 is 6.07. The number of fused-ring (bicyclic) bond motifs is 1. The fourth-order valence-electron chi connectivity index (χ4n) is 8.61. The normalized spacial score (nSPS) is 21.1. The second-order valence-corrected chi connectivity index (χ2v) is 18.0. The number of halogens is 1. The number of benzene rings is 1. The van der Waals surface area contributed by atoms with Gasteiger partial charge in [-0.15, -0.1) is 0 Å². The van der Waals surface area contributed by atoms with Gasteiger partial charge in [-0.3, -0.25) is 19.2 Å². The molecule has 13 heteroatoms. The summed E-state index contributed by atoms with van der Waals surface area (Å²) in [5.74, 6) is -0.900. The van der Waals surface area contributed by atoms with E-state index in [2.05, 4.69) is 15.3 Å². The minimum Gasteiger partial charge on any atom is -0.497 e. The van der Waals surface area contributed by atoms with E-state index in [1.54, 1.807) is 42.3 Å². The molecule has 2 N–H and O–H groups in total. The first-order chi connectivity index (χ1) is 27.2. The summed E-state index contributed by atoms with van der Waals surface area (Å²) in [6.45, 7) is 7.90. The first kappa shape index (κ1) is 42.6. The highest BCUT2D eigenvalue weighted by Crippen LogP contribution is 2.38. The second-order valence-electron chi connectivity index (χ2n) is 17.5. The fraction of sp³-hybridized carbons (Fsp3) is 0.636. The standard InChI is InChI=1S/C44H59ClN4O8/c1-6-10-28(41(53)37(52)19-26-13-14-26)20-35(50)34-22-31(56-39-18-15-29(45)24-46-39)25-49(34)42(54)32(44(2,3)4)23-36(51)40(27-11-8-7-9-12-27)48-43-47-33-21-30(55-5)16-17-38(33)57-43/h15-18,21,24,26-28,31-32,34,40-41,53H,6-14,19-20,22-23,25H2,1-5H3,(H,47,48)/t28-,31-,32-,34+,40+,41?/m1/s1. The third-order valence-corrected chi connectivity index (χ3v) is 12.3. The maximum absolute atomic E-state index is 15.0. The molecule has 2 saturated carbocycles. The minimum absolute atomic E-state index is 0.0295. The maximum atomic E-state index is 15.0. The van der Waals surface area contributed by atoms with Crippen LogP contribution in [0, 0.1) is 29.1 Å². The number of aromatic nitrogens is 2. The van der Waals surface area contributed by atoms with Crippen molar-refractivity contribution >= 4 is 52.0 Å². The summed E-state index contributed by atoms with van der Waals surface area (Å²) in [4.78, 5) is 67.5. The van der Waals surface area contributed by atoms with Gasteiger partial charge in [-0.1, -0.05) is 65.0 Å². The zero-order valence-electron chi connectivity index (χ0n) is 34.0. The van der Waals surface area contributed by atoms with Gasteiger partial charge in [0.2, 0.25) is 11.8 Å². The quantitative estimate of drug-likeness (QED) is 0.121. The monoisotopic (exact) mass is 806 g/mol. The number of rotatable bonds is 19. The summed E-state index contributed by atoms with van der Waals surface area (Å²) in [7, 11) is 1.59. The van der Waals surface area contributed by atoms with Crippen molar-refractivity contribution in [1.82, 2.24) is 14.9 Å². The molecule has 57 heavy (non-hydrogen) atoms. The lowest BCUT2D eigenvalue weighted by molar-refractivity contribution is -0.146. The number of anilines is 1. The third-order valence-electron chi connectivity index (χ3n) is 12.1. The number of aliphatic hydroxyl groups excluding tert-OH is 1. The Morgan fingerprint density at radius 3 is 2.44 bits per heavy atom. The number of oxazole rings is 1. The molecule has 1 aliphatic heterocycles. The number of amides is 1. The van der Waals surface area contributed by atoms with Crippen LogP contribution >= 0.6 is 11.6 Å². The smallest absolute Gasteiger partial charge is 0.296 e. The van der Waals surface area contributed by atoms with E-state index in [9.17, 15) is 24.3 Å². The molecular formula is C44H59ClN4O8. The summed E-state index contributed by atoms with van der Waals surface area (Å²) in [6, 6.07) is 7.39. The number of nitrogens with one attached hydrogen (secondary N) is 1. The average molecular weight is 807 g/mol. The number of aliphatic hydroxyl groups is 1. The number of methoxy groups -OCH3 is 1. The number of likely N-dealkylation sites (tertiary alicyclic amines) is 1. The first-order valence-electron chi connectivity index (χ1n) is 20.8. The summed E-state index contributed by atoms with van der Waals surface area (Å²) in [5.41, 5.74) is 0.510. The minimum atomic E-state index is -1.24. The molecule has 1 amide bonds. The van der Waals surface area contributed by atoms with Crippen LogP contribution < -0.4 is 14.8 Å². The van der Waals surface area contributed by atoms with Crippen molar-refractivity contribution in [3.63, 3.8) is 0 Å². The molecule has 2 aliphatic carbocycles. The Morgan fingerprint density at radius 2 is 1.79 bits per heavy atom. The summed E-state index contributed by atoms with van der Waals surface area (Å²) in [5, 5.41) is 14.9. The van der Waals surface area contributed by atoms with E-state index in [-0.39, 0.29) is 61.0 Å². The molecule has 1 saturated heterocycles. The number of ether oxygens (including phenoxy) is 2. The molecule has 0 spiro atoms. The molecule has 6 rings (SSSR count). The molecular weight excluding hydrogens is 748 g/mol. The second kappa shape index (κ2) is 18.7. The van der Waals surface area contributed by atoms with E-state index >= 15 is 0 Å². The van der Waals surface area contributed by atoms with Crippen molar-refractivity contribution < 1.29 is 38.2 Å². The number of hydrogen-bond acceptors (Lipinski definition) is 11. The molecule has 310 valence electrons. The Morgan fingerprint density at radius 1 is 1.04 bits per heavy atom. The van der Waals surface area contributed by atoms with Gasteiger partial charge >= 0.3 is 0 Å². The number of hydrogen-bond donors (Lipinski definition) is 2. The van der Waals surface area contributed by atoms with E-state index in [0.29, 0.717) is 52.9 Å². The first-order valence-corrected chi connectivity index (χ1v) is 21.2. The average Bonchev–Trinajstić information content (AvgIpc) is 3.75. The number of pyridine rings is 1. The van der Waals surface area contributed by atoms with Crippen LogP contribution in [-0.2, 0) is 19.2 Å². The molecule has 1 unspecified atom stereocenters. The third kappa shape index (κ3) is 10.9. The molecule has 3 heterocycles. The Balaban J connectivity index is 1.25. The van der Waals surface area contributed by atoms with Crippen LogP contribution in [0.25, 0.3) is 11.1 Å². The lowest BCUT2D eigenvalue weighted by Gasteiger charge is -2.36. The van der Waals surface area contributed by atoms with E-state index in [1.807, 2.05) is 27.7 Å². The molecule has 6 atom stereocenters. The number of nitrogens with zero attached hydrogens (tertiary/aromatic N) is 3. The van der Waals surface area contributed by atoms with E-state index in [1.165, 1.54) is 6.20 Å². The van der Waals surface area contributed by atoms with Gasteiger partial charge < -0.3 is 29.2 Å². The van der Waals surface area contributed by atoms with Gasteiger partial charge in [-0.05, 0) is 73.5 Å². The summed E-state index contributed by atoms with van der Waals surface area (Å²) in [6.07, 6.45) is 8.10. The Kier molecular flexibility index (Phi) is 14.0. The van der Waals surface area contributed by atoms with E-state index in [0.717, 1.165) is 44.9 Å². The van der Waals surface area contributed by atoms with Crippen LogP contribution in [-0.4, -0.2) is 81.2 Å². The SMILES string of the molecule is CCC[C@H](CC(=O)[C@@H]1C[C@@H](Oc2ccc(Cl)cn2)CN1C(=O)[C@@H](CC(=O)[C@@H](Nc1nc2cc(OC)ccc2o1)C1CCCCC1)C(C)(C)C)C(O)C(=O)CC1CC1. The number of Topliss-reactive ketones (excluding diaryl/α,β-unsaturated/α-hetero) is 3. The van der Waals surface area contributed by atoms with Gasteiger partial charge in [0.1, 0.15) is 23.5 Å². The lowest BCUT2D eigenvalue weighted by Crippen LogP contribution is -2.49. The van der Waals surface area contributed by atoms with Crippen LogP contribution in [0.1, 0.15) is 111 Å². The molecule has 0 bridgehead atoms. The number of ketones is 3. The summed E-state index contributed by atoms with van der Waals surface area (Å²) < 4.78 is 17.6. The van der Waals surface area contributed by atoms with E-state index in [4.69, 9.17) is 25.5 Å². The highest BCUT2D eigenvalue weighted by Gasteiger charge is 2.47. The van der Waals surface area contributed by atoms with Gasteiger partial charge in [0.05, 0.1) is 30.8 Å². The molecule has 3 fully saturated rings. The van der Waals surface area contributed by atoms with Crippen molar-refractivity contribution in [2.75, 3.05) is 19.0 Å². The highest BCUT2D eigenvalue weighted by atomic mass is 35.5. The van der Waals surface area contributed by atoms with Gasteiger partial charge in [0, 0.05) is 49.9 Å². The Hall–Kier alpha value is -4.03. The largest absolute Gasteiger partial charge is 0.497 e. The van der Waals surface area contributed by atoms with Crippen LogP contribution in [0.3, 0.4) is 0 Å². The van der Waals surface area contributed by atoms with Crippen LogP contribution in [0.2, 0.25) is 5.02 Å². The maximum Gasteiger partial charge on any atom is 0.296 e. The molecule has 3 aromatic rings. The topological polar surface area (TPSA) is 161 Å². The predicted molar refractivity (Wildman–Crippen MR) is 217 cm³/mol. The van der Waals surface area contributed by atoms with Gasteiger partial charge in [0.25, 0.3) is 6.01 Å². The zero-order chi connectivity index (χ0) is 40.9. The molecule has 1 aromatic carbocycles. The Labute approximate surface area is 340 Å². The fourth-order valence-corrected chi connectivity index (χ4v) is 8.72. The molecule has 12 nitrogen and oxygen atoms in total. The molecule has 3 aliphatic rings. The van der Waals surface area contributed by atoms with Crippen LogP contribution in [0.5, 0.6) is 11.6 Å². The predicted octanol–water partition coefficient (Wildman–Crippen LogP) is 8.02. The Bertz CT molecular complexity index is 1870. The molecule has 2 aromatic heterocycles. The van der Waals surface area contributed by atoms with Crippen molar-refractivity contribution in [2.45, 2.75) is 135 Å². The van der Waals surface area contributed by atoms with Gasteiger partial charge in [-0.25, -0.2) is 4.98 Å². The van der Waals surface area contributed by atoms with Gasteiger partial charge in [-0.2, -0.15) is 4.98 Å². The van der Waals surface area contributed by atoms with Crippen LogP contribution in [0.4, 0.5) is 6.01 Å². The van der Waals surface area contributed by atoms with Crippen molar-refractivity contribution in [3.8, 4) is 11.6 Å². The molecule has 0 radical (unpaired) electrons. The number of carbonyl (C=O) groups is 4. The highest BCUT2D eigenvalue weighted by molar-refractivity contribution is 6.30.